The molecule has 1 atom stereocenters. The van der Waals surface area contributed by atoms with Crippen molar-refractivity contribution in [3.8, 4) is 0 Å². The fraction of sp³-hybridized carbons (Fsp3) is 0.0667. The summed E-state index contributed by atoms with van der Waals surface area (Å²) in [5.74, 6) is -0.249. The molecule has 3 heteroatoms. The zero-order valence-corrected chi connectivity index (χ0v) is 10.5. The number of fused-ring (bicyclic) bond motifs is 1. The summed E-state index contributed by atoms with van der Waals surface area (Å²) in [6.45, 7) is 0. The summed E-state index contributed by atoms with van der Waals surface area (Å²) < 4.78 is 14.4. The van der Waals surface area contributed by atoms with Crippen LogP contribution in [0, 0.1) is 5.82 Å². The Hall–Kier alpha value is -1.71. The van der Waals surface area contributed by atoms with Gasteiger partial charge in [0.1, 0.15) is 5.82 Å². The van der Waals surface area contributed by atoms with Crippen LogP contribution < -0.4 is 5.73 Å². The van der Waals surface area contributed by atoms with Gasteiger partial charge in [-0.15, -0.1) is 11.3 Å². The molecule has 0 aliphatic carbocycles. The quantitative estimate of drug-likeness (QED) is 0.735. The van der Waals surface area contributed by atoms with E-state index in [2.05, 4.69) is 12.1 Å². The molecule has 3 rings (SSSR count). The Morgan fingerprint density at radius 2 is 1.89 bits per heavy atom. The van der Waals surface area contributed by atoms with Gasteiger partial charge < -0.3 is 5.73 Å². The highest BCUT2D eigenvalue weighted by atomic mass is 32.1. The average molecular weight is 257 g/mol. The number of hydrogen-bond acceptors (Lipinski definition) is 2. The third-order valence-electron chi connectivity index (χ3n) is 3.05. The first-order valence-electron chi connectivity index (χ1n) is 5.73. The molecule has 1 nitrogen and oxygen atoms in total. The number of hydrogen-bond donors (Lipinski definition) is 1. The van der Waals surface area contributed by atoms with Crippen molar-refractivity contribution in [2.45, 2.75) is 6.04 Å². The summed E-state index contributed by atoms with van der Waals surface area (Å²) in [7, 11) is 0. The van der Waals surface area contributed by atoms with Crippen molar-refractivity contribution in [1.82, 2.24) is 0 Å². The van der Waals surface area contributed by atoms with Crippen LogP contribution in [0.2, 0.25) is 0 Å². The fourth-order valence-electron chi connectivity index (χ4n) is 2.14. The SMILES string of the molecule is NC(c1cccc(F)c1)c1cccc2ccsc12. The zero-order chi connectivity index (χ0) is 12.5. The predicted octanol–water partition coefficient (Wildman–Crippen LogP) is 4.09. The lowest BCUT2D eigenvalue weighted by atomic mass is 9.98. The normalized spacial score (nSPS) is 12.8. The minimum absolute atomic E-state index is 0.249. The molecule has 0 amide bonds. The van der Waals surface area contributed by atoms with Gasteiger partial charge in [0.25, 0.3) is 0 Å². The van der Waals surface area contributed by atoms with Gasteiger partial charge in [-0.25, -0.2) is 4.39 Å². The highest BCUT2D eigenvalue weighted by molar-refractivity contribution is 7.17. The maximum Gasteiger partial charge on any atom is 0.123 e. The Morgan fingerprint density at radius 1 is 1.06 bits per heavy atom. The van der Waals surface area contributed by atoms with Crippen molar-refractivity contribution >= 4 is 21.4 Å². The molecule has 1 aromatic heterocycles. The molecule has 1 heterocycles. The van der Waals surface area contributed by atoms with Gasteiger partial charge in [-0.05, 0) is 40.1 Å². The van der Waals surface area contributed by atoms with Crippen molar-refractivity contribution in [1.29, 1.82) is 0 Å². The van der Waals surface area contributed by atoms with Gasteiger partial charge in [0.2, 0.25) is 0 Å². The van der Waals surface area contributed by atoms with Crippen LogP contribution in [0.5, 0.6) is 0 Å². The van der Waals surface area contributed by atoms with Crippen LogP contribution in [0.15, 0.2) is 53.9 Å². The van der Waals surface area contributed by atoms with Crippen molar-refractivity contribution in [2.75, 3.05) is 0 Å². The minimum atomic E-state index is -0.289. The molecule has 2 N–H and O–H groups in total. The zero-order valence-electron chi connectivity index (χ0n) is 9.64. The Kier molecular flexibility index (Phi) is 2.86. The van der Waals surface area contributed by atoms with Crippen LogP contribution in [-0.4, -0.2) is 0 Å². The van der Waals surface area contributed by atoms with E-state index in [9.17, 15) is 4.39 Å². The van der Waals surface area contributed by atoms with Crippen molar-refractivity contribution in [2.24, 2.45) is 5.73 Å². The second-order valence-corrected chi connectivity index (χ2v) is 5.13. The van der Waals surface area contributed by atoms with Crippen LogP contribution in [0.3, 0.4) is 0 Å². The first kappa shape index (κ1) is 11.4. The second kappa shape index (κ2) is 4.52. The molecule has 0 aliphatic rings. The first-order valence-corrected chi connectivity index (χ1v) is 6.61. The topological polar surface area (TPSA) is 26.0 Å². The maximum atomic E-state index is 13.2. The van der Waals surface area contributed by atoms with Crippen molar-refractivity contribution in [3.05, 3.63) is 70.9 Å². The number of rotatable bonds is 2. The van der Waals surface area contributed by atoms with Crippen LogP contribution >= 0.6 is 11.3 Å². The Morgan fingerprint density at radius 3 is 2.72 bits per heavy atom. The second-order valence-electron chi connectivity index (χ2n) is 4.22. The van der Waals surface area contributed by atoms with Crippen molar-refractivity contribution < 1.29 is 4.39 Å². The molecule has 3 aromatic rings. The largest absolute Gasteiger partial charge is 0.320 e. The Bertz CT molecular complexity index is 690. The summed E-state index contributed by atoms with van der Waals surface area (Å²) in [5, 5.41) is 3.23. The predicted molar refractivity (Wildman–Crippen MR) is 74.3 cm³/mol. The van der Waals surface area contributed by atoms with Crippen LogP contribution in [-0.2, 0) is 0 Å². The highest BCUT2D eigenvalue weighted by Crippen LogP contribution is 2.31. The summed E-state index contributed by atoms with van der Waals surface area (Å²) >= 11 is 1.67. The highest BCUT2D eigenvalue weighted by Gasteiger charge is 2.13. The molecule has 0 fully saturated rings. The molecule has 0 spiro atoms. The molecule has 2 aromatic carbocycles. The number of halogens is 1. The van der Waals surface area contributed by atoms with Gasteiger partial charge in [-0.2, -0.15) is 0 Å². The van der Waals surface area contributed by atoms with E-state index >= 15 is 0 Å². The summed E-state index contributed by atoms with van der Waals surface area (Å²) in [4.78, 5) is 0. The lowest BCUT2D eigenvalue weighted by molar-refractivity contribution is 0.623. The van der Waals surface area contributed by atoms with E-state index < -0.39 is 0 Å². The molecule has 0 bridgehead atoms. The smallest absolute Gasteiger partial charge is 0.123 e. The standard InChI is InChI=1S/C15H12FNS/c16-12-5-1-4-11(9-12)14(17)13-6-2-3-10-7-8-18-15(10)13/h1-9,14H,17H2. The molecule has 90 valence electrons. The minimum Gasteiger partial charge on any atom is -0.320 e. The summed E-state index contributed by atoms with van der Waals surface area (Å²) in [6.07, 6.45) is 0. The molecular formula is C15H12FNS. The summed E-state index contributed by atoms with van der Waals surface area (Å²) in [5.41, 5.74) is 8.10. The molecule has 0 radical (unpaired) electrons. The van der Waals surface area contributed by atoms with Gasteiger partial charge in [0, 0.05) is 4.70 Å². The number of thiophene rings is 1. The van der Waals surface area contributed by atoms with Crippen LogP contribution in [0.4, 0.5) is 4.39 Å². The van der Waals surface area contributed by atoms with E-state index in [-0.39, 0.29) is 11.9 Å². The maximum absolute atomic E-state index is 13.2. The number of nitrogens with two attached hydrogens (primary N) is 1. The lowest BCUT2D eigenvalue weighted by Crippen LogP contribution is -2.12. The monoisotopic (exact) mass is 257 g/mol. The van der Waals surface area contributed by atoms with Crippen molar-refractivity contribution in [3.63, 3.8) is 0 Å². The average Bonchev–Trinajstić information content (AvgIpc) is 2.86. The van der Waals surface area contributed by atoms with Gasteiger partial charge in [0.15, 0.2) is 0 Å². The molecule has 1 unspecified atom stereocenters. The Balaban J connectivity index is 2.12. The fourth-order valence-corrected chi connectivity index (χ4v) is 3.09. The lowest BCUT2D eigenvalue weighted by Gasteiger charge is -2.13. The van der Waals surface area contributed by atoms with Crippen LogP contribution in [0.25, 0.3) is 10.1 Å². The van der Waals surface area contributed by atoms with Gasteiger partial charge in [-0.3, -0.25) is 0 Å². The van der Waals surface area contributed by atoms with E-state index in [4.69, 9.17) is 5.73 Å². The van der Waals surface area contributed by atoms with E-state index in [1.165, 1.54) is 22.2 Å². The third-order valence-corrected chi connectivity index (χ3v) is 4.03. The van der Waals surface area contributed by atoms with E-state index in [0.29, 0.717) is 0 Å². The molecule has 0 saturated carbocycles. The molecular weight excluding hydrogens is 245 g/mol. The van der Waals surface area contributed by atoms with Gasteiger partial charge in [-0.1, -0.05) is 30.3 Å². The first-order chi connectivity index (χ1) is 8.75. The third kappa shape index (κ3) is 1.92. The molecule has 18 heavy (non-hydrogen) atoms. The van der Waals surface area contributed by atoms with Gasteiger partial charge >= 0.3 is 0 Å². The summed E-state index contributed by atoms with van der Waals surface area (Å²) in [6, 6.07) is 14.3. The molecule has 0 saturated heterocycles. The van der Waals surface area contributed by atoms with E-state index in [1.54, 1.807) is 17.4 Å². The van der Waals surface area contributed by atoms with E-state index in [0.717, 1.165) is 11.1 Å². The van der Waals surface area contributed by atoms with Crippen LogP contribution in [0.1, 0.15) is 17.2 Å². The Labute approximate surface area is 109 Å². The number of benzene rings is 2. The van der Waals surface area contributed by atoms with Gasteiger partial charge in [0.05, 0.1) is 6.04 Å². The van der Waals surface area contributed by atoms with E-state index in [1.807, 2.05) is 23.6 Å². The molecule has 0 aliphatic heterocycles.